The summed E-state index contributed by atoms with van der Waals surface area (Å²) in [6, 6.07) is 11.8. The molecule has 2 heterocycles. The van der Waals surface area contributed by atoms with E-state index >= 15 is 0 Å². The SMILES string of the molecule is O=C(Nc1cccnc1)[C@@H]1CCCN1C(=O)Oc1ccccc1. The first-order valence-electron chi connectivity index (χ1n) is 7.48. The molecule has 23 heavy (non-hydrogen) atoms. The van der Waals surface area contributed by atoms with E-state index in [0.717, 1.165) is 6.42 Å². The number of aromatic nitrogens is 1. The molecule has 2 amide bonds. The topological polar surface area (TPSA) is 71.5 Å². The van der Waals surface area contributed by atoms with Crippen LogP contribution in [0.15, 0.2) is 54.9 Å². The molecule has 0 spiro atoms. The smallest absolute Gasteiger partial charge is 0.410 e. The van der Waals surface area contributed by atoms with E-state index in [4.69, 9.17) is 4.74 Å². The minimum atomic E-state index is -0.522. The maximum atomic E-state index is 12.4. The van der Waals surface area contributed by atoms with Gasteiger partial charge >= 0.3 is 6.09 Å². The molecule has 3 rings (SSSR count). The zero-order chi connectivity index (χ0) is 16.1. The first-order chi connectivity index (χ1) is 11.2. The van der Waals surface area contributed by atoms with Crippen molar-refractivity contribution >= 4 is 17.7 Å². The van der Waals surface area contributed by atoms with Crippen molar-refractivity contribution in [2.45, 2.75) is 18.9 Å². The Morgan fingerprint density at radius 1 is 1.17 bits per heavy atom. The number of nitrogens with one attached hydrogen (secondary N) is 1. The van der Waals surface area contributed by atoms with Crippen molar-refractivity contribution in [1.29, 1.82) is 0 Å². The van der Waals surface area contributed by atoms with Crippen LogP contribution in [0.4, 0.5) is 10.5 Å². The molecule has 1 aliphatic rings. The van der Waals surface area contributed by atoms with Gasteiger partial charge in [0.25, 0.3) is 0 Å². The highest BCUT2D eigenvalue weighted by Gasteiger charge is 2.35. The molecular weight excluding hydrogens is 294 g/mol. The van der Waals surface area contributed by atoms with E-state index in [1.807, 2.05) is 6.07 Å². The molecular formula is C17H17N3O3. The number of hydrogen-bond donors (Lipinski definition) is 1. The van der Waals surface area contributed by atoms with E-state index in [9.17, 15) is 9.59 Å². The summed E-state index contributed by atoms with van der Waals surface area (Å²) in [5, 5.41) is 2.78. The largest absolute Gasteiger partial charge is 0.415 e. The predicted molar refractivity (Wildman–Crippen MR) is 85.1 cm³/mol. The summed E-state index contributed by atoms with van der Waals surface area (Å²) in [7, 11) is 0. The maximum Gasteiger partial charge on any atom is 0.415 e. The third-order valence-electron chi connectivity index (χ3n) is 3.67. The van der Waals surface area contributed by atoms with Gasteiger partial charge < -0.3 is 10.1 Å². The zero-order valence-corrected chi connectivity index (χ0v) is 12.5. The van der Waals surface area contributed by atoms with Crippen molar-refractivity contribution in [3.8, 4) is 5.75 Å². The van der Waals surface area contributed by atoms with Gasteiger partial charge in [-0.05, 0) is 37.1 Å². The minimum absolute atomic E-state index is 0.222. The van der Waals surface area contributed by atoms with Crippen LogP contribution in [0.3, 0.4) is 0 Å². The Morgan fingerprint density at radius 2 is 2.00 bits per heavy atom. The van der Waals surface area contributed by atoms with Gasteiger partial charge in [-0.25, -0.2) is 4.79 Å². The Labute approximate surface area is 134 Å². The molecule has 0 radical (unpaired) electrons. The number of pyridine rings is 1. The van der Waals surface area contributed by atoms with Crippen LogP contribution in [0.2, 0.25) is 0 Å². The van der Waals surface area contributed by atoms with Gasteiger partial charge in [0.1, 0.15) is 11.8 Å². The van der Waals surface area contributed by atoms with E-state index in [2.05, 4.69) is 10.3 Å². The number of anilines is 1. The van der Waals surface area contributed by atoms with Crippen LogP contribution in [0.25, 0.3) is 0 Å². The highest BCUT2D eigenvalue weighted by atomic mass is 16.6. The Morgan fingerprint density at radius 3 is 2.74 bits per heavy atom. The molecule has 1 saturated heterocycles. The number of nitrogens with zero attached hydrogens (tertiary/aromatic N) is 2. The number of hydrogen-bond acceptors (Lipinski definition) is 4. The molecule has 118 valence electrons. The monoisotopic (exact) mass is 311 g/mol. The molecule has 2 aromatic rings. The van der Waals surface area contributed by atoms with E-state index < -0.39 is 12.1 Å². The summed E-state index contributed by atoms with van der Waals surface area (Å²) in [4.78, 5) is 30.1. The Hall–Kier alpha value is -2.89. The molecule has 1 aromatic carbocycles. The fourth-order valence-corrected chi connectivity index (χ4v) is 2.57. The van der Waals surface area contributed by atoms with E-state index in [-0.39, 0.29) is 5.91 Å². The summed E-state index contributed by atoms with van der Waals surface area (Å²) in [6.45, 7) is 0.511. The van der Waals surface area contributed by atoms with Crippen molar-refractivity contribution in [2.24, 2.45) is 0 Å². The summed E-state index contributed by atoms with van der Waals surface area (Å²) in [5.41, 5.74) is 0.612. The van der Waals surface area contributed by atoms with Crippen LogP contribution in [-0.4, -0.2) is 34.5 Å². The highest BCUT2D eigenvalue weighted by Crippen LogP contribution is 2.21. The molecule has 1 aliphatic heterocycles. The van der Waals surface area contributed by atoms with Gasteiger partial charge in [0.2, 0.25) is 5.91 Å². The molecule has 0 aliphatic carbocycles. The second kappa shape index (κ2) is 6.91. The molecule has 1 atom stereocenters. The molecule has 1 aromatic heterocycles. The van der Waals surface area contributed by atoms with Gasteiger partial charge in [0.15, 0.2) is 0 Å². The van der Waals surface area contributed by atoms with Crippen molar-refractivity contribution in [3.05, 3.63) is 54.9 Å². The van der Waals surface area contributed by atoms with Crippen LogP contribution in [0.1, 0.15) is 12.8 Å². The summed E-state index contributed by atoms with van der Waals surface area (Å²) < 4.78 is 5.32. The Bertz CT molecular complexity index is 616. The molecule has 6 heteroatoms. The summed E-state index contributed by atoms with van der Waals surface area (Å²) >= 11 is 0. The molecule has 1 N–H and O–H groups in total. The normalized spacial score (nSPS) is 16.9. The van der Waals surface area contributed by atoms with Crippen LogP contribution in [0, 0.1) is 0 Å². The zero-order valence-electron chi connectivity index (χ0n) is 12.5. The predicted octanol–water partition coefficient (Wildman–Crippen LogP) is 2.68. The van der Waals surface area contributed by atoms with E-state index in [1.165, 1.54) is 4.90 Å². The first-order valence-corrected chi connectivity index (χ1v) is 7.48. The quantitative estimate of drug-likeness (QED) is 0.946. The maximum absolute atomic E-state index is 12.4. The van der Waals surface area contributed by atoms with Crippen LogP contribution >= 0.6 is 0 Å². The molecule has 1 fully saturated rings. The van der Waals surface area contributed by atoms with Crippen molar-refractivity contribution in [2.75, 3.05) is 11.9 Å². The lowest BCUT2D eigenvalue weighted by atomic mass is 10.2. The summed E-state index contributed by atoms with van der Waals surface area (Å²) in [6.07, 6.45) is 4.10. The lowest BCUT2D eigenvalue weighted by molar-refractivity contribution is -0.119. The molecule has 0 unspecified atom stereocenters. The lowest BCUT2D eigenvalue weighted by Crippen LogP contribution is -2.44. The second-order valence-electron chi connectivity index (χ2n) is 5.26. The first kappa shape index (κ1) is 15.0. The number of rotatable bonds is 3. The van der Waals surface area contributed by atoms with Crippen molar-refractivity contribution < 1.29 is 14.3 Å². The Balaban J connectivity index is 1.65. The fourth-order valence-electron chi connectivity index (χ4n) is 2.57. The van der Waals surface area contributed by atoms with Gasteiger partial charge in [-0.15, -0.1) is 0 Å². The standard InChI is InChI=1S/C17H17N3O3/c21-16(19-13-6-4-10-18-12-13)15-9-5-11-20(15)17(22)23-14-7-2-1-3-8-14/h1-4,6-8,10,12,15H,5,9,11H2,(H,19,21)/t15-/m0/s1. The van der Waals surface area contributed by atoms with E-state index in [1.54, 1.807) is 48.8 Å². The van der Waals surface area contributed by atoms with Gasteiger partial charge in [-0.2, -0.15) is 0 Å². The highest BCUT2D eigenvalue weighted by molar-refractivity contribution is 5.96. The summed E-state index contributed by atoms with van der Waals surface area (Å²) in [5.74, 6) is 0.247. The third-order valence-corrected chi connectivity index (χ3v) is 3.67. The average Bonchev–Trinajstić information content (AvgIpc) is 3.06. The number of amides is 2. The number of carbonyl (C=O) groups excluding carboxylic acids is 2. The van der Waals surface area contributed by atoms with Crippen LogP contribution < -0.4 is 10.1 Å². The average molecular weight is 311 g/mol. The lowest BCUT2D eigenvalue weighted by Gasteiger charge is -2.23. The van der Waals surface area contributed by atoms with Crippen LogP contribution in [0.5, 0.6) is 5.75 Å². The number of likely N-dealkylation sites (tertiary alicyclic amines) is 1. The molecule has 0 saturated carbocycles. The van der Waals surface area contributed by atoms with Gasteiger partial charge in [-0.3, -0.25) is 14.7 Å². The van der Waals surface area contributed by atoms with Crippen LogP contribution in [-0.2, 0) is 4.79 Å². The van der Waals surface area contributed by atoms with E-state index in [0.29, 0.717) is 24.4 Å². The molecule has 6 nitrogen and oxygen atoms in total. The van der Waals surface area contributed by atoms with Gasteiger partial charge in [0, 0.05) is 12.7 Å². The number of ether oxygens (including phenoxy) is 1. The fraction of sp³-hybridized carbons (Fsp3) is 0.235. The number of carbonyl (C=O) groups is 2. The Kier molecular flexibility index (Phi) is 4.52. The van der Waals surface area contributed by atoms with Crippen molar-refractivity contribution in [3.63, 3.8) is 0 Å². The third kappa shape index (κ3) is 3.66. The second-order valence-corrected chi connectivity index (χ2v) is 5.26. The van der Waals surface area contributed by atoms with Gasteiger partial charge in [0.05, 0.1) is 11.9 Å². The number of para-hydroxylation sites is 1. The van der Waals surface area contributed by atoms with Crippen molar-refractivity contribution in [1.82, 2.24) is 9.88 Å². The van der Waals surface area contributed by atoms with Gasteiger partial charge in [-0.1, -0.05) is 18.2 Å². The number of benzene rings is 1. The molecule has 0 bridgehead atoms. The minimum Gasteiger partial charge on any atom is -0.410 e.